The number of anilines is 1. The van der Waals surface area contributed by atoms with Crippen molar-refractivity contribution in [2.45, 2.75) is 27.7 Å². The van der Waals surface area contributed by atoms with Crippen molar-refractivity contribution in [3.05, 3.63) is 52.6 Å². The van der Waals surface area contributed by atoms with Gasteiger partial charge in [0.05, 0.1) is 7.11 Å². The van der Waals surface area contributed by atoms with Gasteiger partial charge in [-0.1, -0.05) is 17.7 Å². The van der Waals surface area contributed by atoms with Gasteiger partial charge in [-0.15, -0.1) is 0 Å². The Morgan fingerprint density at radius 3 is 2.17 bits per heavy atom. The normalized spacial score (nSPS) is 10.2. The van der Waals surface area contributed by atoms with Crippen LogP contribution in [0.2, 0.25) is 0 Å². The number of nitrogens with one attached hydrogen (secondary N) is 1. The van der Waals surface area contributed by atoms with Crippen LogP contribution in [0.3, 0.4) is 0 Å². The first kappa shape index (κ1) is 21.9. The number of esters is 1. The monoisotopic (exact) mass is 399 g/mol. The summed E-state index contributed by atoms with van der Waals surface area (Å²) >= 11 is 0. The van der Waals surface area contributed by atoms with E-state index in [-0.39, 0.29) is 5.78 Å². The maximum atomic E-state index is 12.1. The van der Waals surface area contributed by atoms with E-state index in [0.29, 0.717) is 22.7 Å². The summed E-state index contributed by atoms with van der Waals surface area (Å²) in [6.07, 6.45) is 0. The van der Waals surface area contributed by atoms with E-state index in [2.05, 4.69) is 5.32 Å². The first-order valence-electron chi connectivity index (χ1n) is 9.06. The minimum atomic E-state index is -0.699. The third kappa shape index (κ3) is 6.07. The Kier molecular flexibility index (Phi) is 7.36. The van der Waals surface area contributed by atoms with Gasteiger partial charge in [0, 0.05) is 11.3 Å². The molecule has 0 radical (unpaired) electrons. The number of methoxy groups -OCH3 is 1. The van der Waals surface area contributed by atoms with Gasteiger partial charge in [0.15, 0.2) is 30.5 Å². The molecule has 0 aliphatic rings. The molecule has 2 aromatic rings. The minimum absolute atomic E-state index is 0.112. The van der Waals surface area contributed by atoms with Crippen molar-refractivity contribution in [1.29, 1.82) is 0 Å². The number of hydrogen-bond acceptors (Lipinski definition) is 6. The van der Waals surface area contributed by atoms with Gasteiger partial charge in [0.2, 0.25) is 0 Å². The molecule has 2 aromatic carbocycles. The van der Waals surface area contributed by atoms with Crippen molar-refractivity contribution in [2.24, 2.45) is 0 Å². The molecule has 0 unspecified atom stereocenters. The van der Waals surface area contributed by atoms with E-state index >= 15 is 0 Å². The van der Waals surface area contributed by atoms with Crippen LogP contribution in [0.15, 0.2) is 30.3 Å². The Hall–Kier alpha value is -3.35. The number of amides is 1. The summed E-state index contributed by atoms with van der Waals surface area (Å²) in [4.78, 5) is 35.4. The molecule has 0 fully saturated rings. The molecule has 1 amide bonds. The molecule has 0 aliphatic heterocycles. The maximum absolute atomic E-state index is 12.1. The number of carbonyl (C=O) groups is 3. The fourth-order valence-electron chi connectivity index (χ4n) is 2.88. The predicted octanol–water partition coefficient (Wildman–Crippen LogP) is 3.38. The lowest BCUT2D eigenvalue weighted by Crippen LogP contribution is -2.24. The van der Waals surface area contributed by atoms with Crippen molar-refractivity contribution >= 4 is 23.3 Å². The van der Waals surface area contributed by atoms with E-state index in [9.17, 15) is 14.4 Å². The molecule has 2 rings (SSSR count). The molecule has 0 heterocycles. The molecule has 0 saturated carbocycles. The lowest BCUT2D eigenvalue weighted by molar-refractivity contribution is -0.149. The van der Waals surface area contributed by atoms with E-state index in [1.807, 2.05) is 32.9 Å². The molecule has 0 saturated heterocycles. The van der Waals surface area contributed by atoms with E-state index in [1.54, 1.807) is 12.1 Å². The number of benzene rings is 2. The first-order valence-corrected chi connectivity index (χ1v) is 9.06. The van der Waals surface area contributed by atoms with Crippen LogP contribution in [0.1, 0.15) is 34.0 Å². The molecule has 0 aliphatic carbocycles. The number of carbonyl (C=O) groups excluding carboxylic acids is 3. The van der Waals surface area contributed by atoms with E-state index in [1.165, 1.54) is 20.1 Å². The Morgan fingerprint density at radius 2 is 1.59 bits per heavy atom. The first-order chi connectivity index (χ1) is 13.7. The van der Waals surface area contributed by atoms with Gasteiger partial charge < -0.3 is 19.5 Å². The van der Waals surface area contributed by atoms with Crippen LogP contribution in [-0.2, 0) is 14.3 Å². The van der Waals surface area contributed by atoms with Gasteiger partial charge in [-0.25, -0.2) is 4.79 Å². The van der Waals surface area contributed by atoms with Crippen LogP contribution in [0.25, 0.3) is 0 Å². The number of Topliss-reactive ketones (excluding diaryl/α,β-unsaturated/α-hetero) is 1. The molecular weight excluding hydrogens is 374 g/mol. The fraction of sp³-hybridized carbons (Fsp3) is 0.318. The number of ketones is 1. The lowest BCUT2D eigenvalue weighted by atomic mass is 10.1. The van der Waals surface area contributed by atoms with Gasteiger partial charge in [-0.2, -0.15) is 0 Å². The Labute approximate surface area is 170 Å². The summed E-state index contributed by atoms with van der Waals surface area (Å²) in [5.74, 6) is -0.621. The highest BCUT2D eigenvalue weighted by Gasteiger charge is 2.14. The van der Waals surface area contributed by atoms with Crippen molar-refractivity contribution in [1.82, 2.24) is 0 Å². The largest absolute Gasteiger partial charge is 0.493 e. The van der Waals surface area contributed by atoms with Gasteiger partial charge in [-0.3, -0.25) is 9.59 Å². The van der Waals surface area contributed by atoms with Crippen LogP contribution in [0.5, 0.6) is 11.5 Å². The lowest BCUT2D eigenvalue weighted by Gasteiger charge is -2.13. The van der Waals surface area contributed by atoms with Gasteiger partial charge >= 0.3 is 5.97 Å². The second-order valence-electron chi connectivity index (χ2n) is 6.69. The molecule has 7 heteroatoms. The third-order valence-electron chi connectivity index (χ3n) is 4.22. The van der Waals surface area contributed by atoms with Crippen molar-refractivity contribution in [2.75, 3.05) is 25.6 Å². The highest BCUT2D eigenvalue weighted by Crippen LogP contribution is 2.28. The number of ether oxygens (including phenoxy) is 3. The van der Waals surface area contributed by atoms with E-state index in [4.69, 9.17) is 14.2 Å². The summed E-state index contributed by atoms with van der Waals surface area (Å²) in [6.45, 7) is 6.41. The maximum Gasteiger partial charge on any atom is 0.344 e. The number of rotatable bonds is 8. The summed E-state index contributed by atoms with van der Waals surface area (Å²) < 4.78 is 15.5. The molecule has 0 bridgehead atoms. The average molecular weight is 399 g/mol. The smallest absolute Gasteiger partial charge is 0.344 e. The minimum Gasteiger partial charge on any atom is -0.493 e. The SMILES string of the molecule is COc1cc(C(C)=O)ccc1OCC(=O)OCC(=O)Nc1c(C)cc(C)cc1C. The molecule has 0 spiro atoms. The second-order valence-corrected chi connectivity index (χ2v) is 6.69. The van der Waals surface area contributed by atoms with Crippen molar-refractivity contribution in [3.63, 3.8) is 0 Å². The summed E-state index contributed by atoms with van der Waals surface area (Å²) in [6, 6.07) is 8.58. The van der Waals surface area contributed by atoms with Gasteiger partial charge in [-0.05, 0) is 57.0 Å². The molecular formula is C22H25NO6. The summed E-state index contributed by atoms with van der Waals surface area (Å²) in [7, 11) is 1.43. The number of hydrogen-bond donors (Lipinski definition) is 1. The summed E-state index contributed by atoms with van der Waals surface area (Å²) in [5, 5.41) is 2.76. The Balaban J connectivity index is 1.87. The van der Waals surface area contributed by atoms with Crippen LogP contribution in [0.4, 0.5) is 5.69 Å². The Morgan fingerprint density at radius 1 is 0.931 bits per heavy atom. The molecule has 29 heavy (non-hydrogen) atoms. The average Bonchev–Trinajstić information content (AvgIpc) is 2.67. The fourth-order valence-corrected chi connectivity index (χ4v) is 2.88. The molecule has 7 nitrogen and oxygen atoms in total. The predicted molar refractivity (Wildman–Crippen MR) is 109 cm³/mol. The topological polar surface area (TPSA) is 90.9 Å². The standard InChI is InChI=1S/C22H25NO6/c1-13-8-14(2)22(15(3)9-13)23-20(25)11-29-21(26)12-28-18-7-6-17(16(4)24)10-19(18)27-5/h6-10H,11-12H2,1-5H3,(H,23,25). The quantitative estimate of drug-likeness (QED) is 0.541. The Bertz CT molecular complexity index is 912. The zero-order chi connectivity index (χ0) is 21.6. The van der Waals surface area contributed by atoms with Crippen molar-refractivity contribution in [3.8, 4) is 11.5 Å². The molecule has 0 atom stereocenters. The zero-order valence-corrected chi connectivity index (χ0v) is 17.3. The van der Waals surface area contributed by atoms with Gasteiger partial charge in [0.1, 0.15) is 0 Å². The van der Waals surface area contributed by atoms with Crippen LogP contribution in [0, 0.1) is 20.8 Å². The van der Waals surface area contributed by atoms with Crippen LogP contribution in [-0.4, -0.2) is 38.0 Å². The third-order valence-corrected chi connectivity index (χ3v) is 4.22. The number of aryl methyl sites for hydroxylation is 3. The van der Waals surface area contributed by atoms with Crippen LogP contribution < -0.4 is 14.8 Å². The molecule has 1 N–H and O–H groups in total. The summed E-state index contributed by atoms with van der Waals surface area (Å²) in [5.41, 5.74) is 4.16. The van der Waals surface area contributed by atoms with E-state index < -0.39 is 25.1 Å². The van der Waals surface area contributed by atoms with E-state index in [0.717, 1.165) is 16.7 Å². The van der Waals surface area contributed by atoms with Crippen molar-refractivity contribution < 1.29 is 28.6 Å². The van der Waals surface area contributed by atoms with Crippen LogP contribution >= 0.6 is 0 Å². The highest BCUT2D eigenvalue weighted by atomic mass is 16.6. The van der Waals surface area contributed by atoms with Gasteiger partial charge in [0.25, 0.3) is 5.91 Å². The zero-order valence-electron chi connectivity index (χ0n) is 17.3. The molecule has 0 aromatic heterocycles. The second kappa shape index (κ2) is 9.73. The highest BCUT2D eigenvalue weighted by molar-refractivity contribution is 5.95. The molecule has 154 valence electrons.